The predicted molar refractivity (Wildman–Crippen MR) is 103 cm³/mol. The molecule has 1 saturated heterocycles. The van der Waals surface area contributed by atoms with Crippen molar-refractivity contribution in [3.63, 3.8) is 0 Å². The molecule has 0 bridgehead atoms. The van der Waals surface area contributed by atoms with Crippen LogP contribution in [0.15, 0.2) is 12.4 Å². The maximum Gasteiger partial charge on any atom is 0.434 e. The highest BCUT2D eigenvalue weighted by Crippen LogP contribution is 2.28. The Bertz CT molecular complexity index is 657. The van der Waals surface area contributed by atoms with E-state index in [4.69, 9.17) is 14.5 Å². The Hall–Kier alpha value is -1.61. The fraction of sp³-hybridized carbons (Fsp3) is 0.789. The van der Waals surface area contributed by atoms with Crippen molar-refractivity contribution < 1.29 is 48.0 Å². The van der Waals surface area contributed by atoms with Crippen molar-refractivity contribution in [2.24, 2.45) is 0 Å². The van der Waals surface area contributed by atoms with Gasteiger partial charge in [0.1, 0.15) is 18.0 Å². The summed E-state index contributed by atoms with van der Waals surface area (Å²) in [6.07, 6.45) is 0.233. The van der Waals surface area contributed by atoms with Crippen molar-refractivity contribution in [2.75, 3.05) is 18.5 Å². The summed E-state index contributed by atoms with van der Waals surface area (Å²) in [4.78, 5) is 16.4. The highest BCUT2D eigenvalue weighted by molar-refractivity contribution is 5.34. The van der Waals surface area contributed by atoms with Gasteiger partial charge in [0, 0.05) is 0 Å². The number of hydrogen-bond donors (Lipinski definition) is 3. The first-order chi connectivity index (χ1) is 15.3. The molecule has 4 unspecified atom stereocenters. The molecule has 13 heteroatoms. The molecule has 1 fully saturated rings. The van der Waals surface area contributed by atoms with E-state index in [0.29, 0.717) is 6.20 Å². The molecule has 1 aliphatic rings. The minimum absolute atomic E-state index is 0.233. The Labute approximate surface area is 183 Å². The number of nitrogens with zero attached hydrogens (tertiary/aromatic N) is 2. The molecule has 0 aliphatic carbocycles. The summed E-state index contributed by atoms with van der Waals surface area (Å²) in [5.41, 5.74) is -1.20. The Balaban J connectivity index is 1.63. The van der Waals surface area contributed by atoms with Crippen LogP contribution in [-0.4, -0.2) is 57.9 Å². The van der Waals surface area contributed by atoms with Gasteiger partial charge in [0.15, 0.2) is 5.69 Å². The lowest BCUT2D eigenvalue weighted by atomic mass is 10.0. The van der Waals surface area contributed by atoms with Gasteiger partial charge in [-0.2, -0.15) is 18.1 Å². The number of anilines is 1. The zero-order valence-corrected chi connectivity index (χ0v) is 17.8. The van der Waals surface area contributed by atoms with Crippen LogP contribution in [0.4, 0.5) is 19.0 Å². The summed E-state index contributed by atoms with van der Waals surface area (Å²) >= 11 is 0. The molecule has 0 aromatic carbocycles. The molecule has 3 N–H and O–H groups in total. The summed E-state index contributed by atoms with van der Waals surface area (Å²) in [6, 6.07) is -0.975. The average Bonchev–Trinajstić information content (AvgIpc) is 2.76. The molecule has 2 rings (SSSR count). The molecule has 0 saturated carbocycles. The van der Waals surface area contributed by atoms with Gasteiger partial charge in [-0.15, -0.1) is 0 Å². The maximum atomic E-state index is 12.7. The van der Waals surface area contributed by atoms with Gasteiger partial charge in [-0.25, -0.2) is 9.87 Å². The van der Waals surface area contributed by atoms with E-state index in [0.717, 1.165) is 25.5 Å². The number of aromatic nitrogens is 2. The van der Waals surface area contributed by atoms with Gasteiger partial charge in [-0.05, 0) is 16.5 Å². The standard InChI is InChI=1S/C19H30F3N3O7/c1-2-3-4-5-6-7-8-9-29-31-32-30-18-17(27)16(26)13(12-28-18)24-15-11-23-10-14(25-15)19(20,21)22/h10-11,13,16-18,26-27H,2-9,12H2,1H3,(H,24,25). The number of aliphatic hydroxyl groups excluding tert-OH is 2. The second-order valence-corrected chi connectivity index (χ2v) is 7.40. The molecule has 2 heterocycles. The van der Waals surface area contributed by atoms with Gasteiger partial charge in [-0.3, -0.25) is 4.98 Å². The van der Waals surface area contributed by atoms with Gasteiger partial charge in [-0.1, -0.05) is 45.4 Å². The highest BCUT2D eigenvalue weighted by atomic mass is 19.4. The van der Waals surface area contributed by atoms with Gasteiger partial charge in [0.25, 0.3) is 0 Å². The zero-order valence-electron chi connectivity index (χ0n) is 17.8. The van der Waals surface area contributed by atoms with Crippen LogP contribution in [0.25, 0.3) is 0 Å². The summed E-state index contributed by atoms with van der Waals surface area (Å²) < 4.78 is 43.4. The van der Waals surface area contributed by atoms with Crippen molar-refractivity contribution in [2.45, 2.75) is 82.6 Å². The third-order valence-corrected chi connectivity index (χ3v) is 4.78. The summed E-state index contributed by atoms with van der Waals surface area (Å²) in [6.45, 7) is 2.22. The molecular formula is C19H30F3N3O7. The van der Waals surface area contributed by atoms with Gasteiger partial charge in [0.2, 0.25) is 6.29 Å². The van der Waals surface area contributed by atoms with Crippen molar-refractivity contribution in [3.8, 4) is 0 Å². The molecule has 4 atom stereocenters. The van der Waals surface area contributed by atoms with Crippen LogP contribution in [0.2, 0.25) is 0 Å². The summed E-state index contributed by atoms with van der Waals surface area (Å²) in [7, 11) is 0. The number of halogens is 3. The lowest BCUT2D eigenvalue weighted by Gasteiger charge is -2.36. The Morgan fingerprint density at radius 2 is 1.78 bits per heavy atom. The number of rotatable bonds is 14. The summed E-state index contributed by atoms with van der Waals surface area (Å²) in [5, 5.41) is 31.6. The third kappa shape index (κ3) is 9.10. The normalized spacial score (nSPS) is 23.9. The molecule has 1 aliphatic heterocycles. The lowest BCUT2D eigenvalue weighted by Crippen LogP contribution is -2.56. The van der Waals surface area contributed by atoms with Crippen LogP contribution in [0.3, 0.4) is 0 Å². The van der Waals surface area contributed by atoms with Crippen LogP contribution in [-0.2, 0) is 30.8 Å². The molecule has 10 nitrogen and oxygen atoms in total. The molecule has 1 aromatic rings. The number of nitrogens with one attached hydrogen (secondary N) is 1. The number of unbranched alkanes of at least 4 members (excludes halogenated alkanes) is 6. The average molecular weight is 469 g/mol. The van der Waals surface area contributed by atoms with Crippen LogP contribution in [0, 0.1) is 0 Å². The van der Waals surface area contributed by atoms with E-state index in [2.05, 4.69) is 32.3 Å². The van der Waals surface area contributed by atoms with Crippen molar-refractivity contribution in [1.29, 1.82) is 0 Å². The van der Waals surface area contributed by atoms with E-state index in [1.807, 2.05) is 0 Å². The molecule has 184 valence electrons. The van der Waals surface area contributed by atoms with E-state index in [1.54, 1.807) is 0 Å². The zero-order chi connectivity index (χ0) is 23.4. The fourth-order valence-electron chi connectivity index (χ4n) is 2.99. The quantitative estimate of drug-likeness (QED) is 0.213. The SMILES string of the molecule is CCCCCCCCCOOOOC1OCC(Nc2cncc(C(F)(F)F)n2)C(O)C1O. The molecular weight excluding hydrogens is 439 g/mol. The molecule has 0 radical (unpaired) electrons. The first kappa shape index (κ1) is 26.6. The van der Waals surface area contributed by atoms with Crippen LogP contribution >= 0.6 is 0 Å². The first-order valence-electron chi connectivity index (χ1n) is 10.6. The van der Waals surface area contributed by atoms with Gasteiger partial charge < -0.3 is 20.3 Å². The second kappa shape index (κ2) is 13.8. The first-order valence-corrected chi connectivity index (χ1v) is 10.6. The number of alkyl halides is 3. The van der Waals surface area contributed by atoms with Crippen molar-refractivity contribution in [1.82, 2.24) is 9.97 Å². The highest BCUT2D eigenvalue weighted by Gasteiger charge is 2.41. The second-order valence-electron chi connectivity index (χ2n) is 7.40. The van der Waals surface area contributed by atoms with E-state index >= 15 is 0 Å². The van der Waals surface area contributed by atoms with Crippen molar-refractivity contribution in [3.05, 3.63) is 18.1 Å². The molecule has 32 heavy (non-hydrogen) atoms. The smallest absolute Gasteiger partial charge is 0.388 e. The van der Waals surface area contributed by atoms with Crippen LogP contribution in [0.1, 0.15) is 57.6 Å². The Morgan fingerprint density at radius 3 is 2.50 bits per heavy atom. The van der Waals surface area contributed by atoms with E-state index in [-0.39, 0.29) is 19.0 Å². The fourth-order valence-corrected chi connectivity index (χ4v) is 2.99. The largest absolute Gasteiger partial charge is 0.434 e. The van der Waals surface area contributed by atoms with Crippen LogP contribution in [0.5, 0.6) is 0 Å². The number of ether oxygens (including phenoxy) is 1. The van der Waals surface area contributed by atoms with Crippen LogP contribution < -0.4 is 5.32 Å². The van der Waals surface area contributed by atoms with Gasteiger partial charge >= 0.3 is 6.18 Å². The summed E-state index contributed by atoms with van der Waals surface area (Å²) in [5.74, 6) is -0.239. The van der Waals surface area contributed by atoms with Gasteiger partial charge in [0.05, 0.1) is 31.6 Å². The van der Waals surface area contributed by atoms with E-state index < -0.39 is 36.4 Å². The number of aliphatic hydroxyl groups is 2. The monoisotopic (exact) mass is 469 g/mol. The molecule has 1 aromatic heterocycles. The lowest BCUT2D eigenvalue weighted by molar-refractivity contribution is -0.656. The van der Waals surface area contributed by atoms with Crippen molar-refractivity contribution >= 4 is 5.82 Å². The van der Waals surface area contributed by atoms with E-state index in [9.17, 15) is 23.4 Å². The predicted octanol–water partition coefficient (Wildman–Crippen LogP) is 2.92. The molecule has 0 amide bonds. The maximum absolute atomic E-state index is 12.7. The third-order valence-electron chi connectivity index (χ3n) is 4.78. The Kier molecular flexibility index (Phi) is 11.5. The molecule has 0 spiro atoms. The van der Waals surface area contributed by atoms with E-state index in [1.165, 1.54) is 25.7 Å². The minimum Gasteiger partial charge on any atom is -0.388 e. The minimum atomic E-state index is -4.67. The number of hydrogen-bond acceptors (Lipinski definition) is 10. The Morgan fingerprint density at radius 1 is 1.06 bits per heavy atom. The topological polar surface area (TPSA) is 124 Å².